The molecule has 1 N–H and O–H groups in total. The molecule has 8 nitrogen and oxygen atoms in total. The Bertz CT molecular complexity index is 1100. The normalized spacial score (nSPS) is 13.3. The Morgan fingerprint density at radius 2 is 2.00 bits per heavy atom. The van der Waals surface area contributed by atoms with Gasteiger partial charge in [0.1, 0.15) is 22.6 Å². The Balaban J connectivity index is 1.77. The lowest BCUT2D eigenvalue weighted by atomic mass is 10.0. The third kappa shape index (κ3) is 4.41. The van der Waals surface area contributed by atoms with Gasteiger partial charge < -0.3 is 15.0 Å². The molecule has 1 aromatic heterocycles. The number of ether oxygens (including phenoxy) is 1. The zero-order valence-corrected chi connectivity index (χ0v) is 17.5. The van der Waals surface area contributed by atoms with E-state index in [1.54, 1.807) is 4.90 Å². The number of carbonyl (C=O) groups excluding carboxylic acids is 2. The number of nitrogens with zero attached hydrogens (tertiary/aromatic N) is 2. The van der Waals surface area contributed by atoms with Crippen LogP contribution in [-0.4, -0.2) is 44.5 Å². The smallest absolute Gasteiger partial charge is 0.240 e. The topological polar surface area (TPSA) is 117 Å². The highest BCUT2D eigenvalue weighted by Gasteiger charge is 2.27. The molecule has 2 aromatic rings. The van der Waals surface area contributed by atoms with Crippen LogP contribution in [0.1, 0.15) is 22.9 Å². The van der Waals surface area contributed by atoms with Gasteiger partial charge in [0.2, 0.25) is 11.8 Å². The molecule has 0 bridgehead atoms. The second kappa shape index (κ2) is 8.23. The van der Waals surface area contributed by atoms with Crippen LogP contribution >= 0.6 is 11.3 Å². The van der Waals surface area contributed by atoms with E-state index in [0.717, 1.165) is 10.4 Å². The van der Waals surface area contributed by atoms with Gasteiger partial charge in [-0.05, 0) is 36.2 Å². The van der Waals surface area contributed by atoms with E-state index in [4.69, 9.17) is 4.74 Å². The van der Waals surface area contributed by atoms with Gasteiger partial charge in [0, 0.05) is 18.3 Å². The van der Waals surface area contributed by atoms with E-state index in [9.17, 15) is 23.3 Å². The van der Waals surface area contributed by atoms with Crippen molar-refractivity contribution in [2.75, 3.05) is 24.7 Å². The first-order valence-corrected chi connectivity index (χ1v) is 11.2. The monoisotopic (exact) mass is 433 g/mol. The number of amides is 2. The summed E-state index contributed by atoms with van der Waals surface area (Å²) in [5, 5.41) is 12.4. The molecule has 0 saturated heterocycles. The molecule has 0 fully saturated rings. The number of hydrogen-bond acceptors (Lipinski definition) is 7. The second-order valence-corrected chi connectivity index (χ2v) is 9.59. The number of benzene rings is 1. The van der Waals surface area contributed by atoms with Crippen molar-refractivity contribution in [2.24, 2.45) is 0 Å². The maximum absolute atomic E-state index is 12.5. The molecule has 3 rings (SSSR count). The summed E-state index contributed by atoms with van der Waals surface area (Å²) in [5.41, 5.74) is 1.15. The highest BCUT2D eigenvalue weighted by atomic mass is 32.2. The lowest BCUT2D eigenvalue weighted by Gasteiger charge is -2.25. The predicted molar refractivity (Wildman–Crippen MR) is 108 cm³/mol. The number of nitrogens with one attached hydrogen (secondary N) is 1. The third-order valence-corrected chi connectivity index (χ3v) is 7.37. The molecule has 1 aliphatic rings. The van der Waals surface area contributed by atoms with Crippen LogP contribution in [0.15, 0.2) is 29.2 Å². The van der Waals surface area contributed by atoms with Crippen LogP contribution in [0.5, 0.6) is 5.75 Å². The van der Waals surface area contributed by atoms with Crippen molar-refractivity contribution in [3.63, 3.8) is 0 Å². The summed E-state index contributed by atoms with van der Waals surface area (Å²) in [4.78, 5) is 26.5. The fourth-order valence-electron chi connectivity index (χ4n) is 3.08. The predicted octanol–water partition coefficient (Wildman–Crippen LogP) is 1.95. The van der Waals surface area contributed by atoms with Crippen LogP contribution in [0.25, 0.3) is 0 Å². The Hall–Kier alpha value is -2.90. The SMILES string of the molecule is COc1ccc(S(=O)(=O)CC(=O)Nc2sc3c(c2C#N)CCN(C(C)=O)C3)cc1. The van der Waals surface area contributed by atoms with Gasteiger partial charge in [0.25, 0.3) is 0 Å². The summed E-state index contributed by atoms with van der Waals surface area (Å²) in [6, 6.07) is 7.86. The molecule has 2 heterocycles. The number of carbonyl (C=O) groups is 2. The van der Waals surface area contributed by atoms with Gasteiger partial charge in [-0.2, -0.15) is 5.26 Å². The van der Waals surface area contributed by atoms with Crippen LogP contribution in [0.2, 0.25) is 0 Å². The van der Waals surface area contributed by atoms with Crippen LogP contribution in [0.4, 0.5) is 5.00 Å². The van der Waals surface area contributed by atoms with Gasteiger partial charge in [-0.15, -0.1) is 11.3 Å². The first kappa shape index (κ1) is 20.8. The molecule has 0 atom stereocenters. The van der Waals surface area contributed by atoms with E-state index < -0.39 is 21.5 Å². The number of hydrogen-bond donors (Lipinski definition) is 1. The molecule has 1 aliphatic heterocycles. The van der Waals surface area contributed by atoms with Gasteiger partial charge in [-0.1, -0.05) is 0 Å². The minimum absolute atomic E-state index is 0.0107. The lowest BCUT2D eigenvalue weighted by Crippen LogP contribution is -2.33. The Morgan fingerprint density at radius 1 is 1.31 bits per heavy atom. The molecular formula is C19H19N3O5S2. The zero-order valence-electron chi connectivity index (χ0n) is 15.9. The summed E-state index contributed by atoms with van der Waals surface area (Å²) < 4.78 is 30.0. The zero-order chi connectivity index (χ0) is 21.2. The van der Waals surface area contributed by atoms with Crippen LogP contribution in [0, 0.1) is 11.3 Å². The average Bonchev–Trinajstić information content (AvgIpc) is 3.03. The van der Waals surface area contributed by atoms with E-state index in [1.807, 2.05) is 0 Å². The first-order chi connectivity index (χ1) is 13.7. The molecule has 0 aliphatic carbocycles. The quantitative estimate of drug-likeness (QED) is 0.770. The summed E-state index contributed by atoms with van der Waals surface area (Å²) in [7, 11) is -2.37. The van der Waals surface area contributed by atoms with Gasteiger partial charge in [-0.3, -0.25) is 9.59 Å². The molecule has 0 unspecified atom stereocenters. The van der Waals surface area contributed by atoms with Crippen molar-refractivity contribution >= 4 is 38.0 Å². The Morgan fingerprint density at radius 3 is 2.59 bits per heavy atom. The molecular weight excluding hydrogens is 414 g/mol. The van der Waals surface area contributed by atoms with Crippen molar-refractivity contribution in [3.8, 4) is 11.8 Å². The molecule has 0 radical (unpaired) electrons. The van der Waals surface area contributed by atoms with E-state index in [2.05, 4.69) is 11.4 Å². The summed E-state index contributed by atoms with van der Waals surface area (Å²) in [6.45, 7) is 2.37. The second-order valence-electron chi connectivity index (χ2n) is 6.49. The standard InChI is InChI=1S/C19H19N3O5S2/c1-12(23)22-8-7-15-16(9-20)19(28-17(15)10-22)21-18(24)11-29(25,26)14-5-3-13(27-2)4-6-14/h3-6H,7-8,10-11H2,1-2H3,(H,21,24). The fraction of sp³-hybridized carbons (Fsp3) is 0.316. The van der Waals surface area contributed by atoms with Crippen molar-refractivity contribution in [1.29, 1.82) is 5.26 Å². The largest absolute Gasteiger partial charge is 0.497 e. The highest BCUT2D eigenvalue weighted by Crippen LogP contribution is 2.36. The van der Waals surface area contributed by atoms with Gasteiger partial charge in [0.05, 0.1) is 24.1 Å². The van der Waals surface area contributed by atoms with E-state index >= 15 is 0 Å². The molecule has 152 valence electrons. The number of thiophene rings is 1. The van der Waals surface area contributed by atoms with Crippen LogP contribution in [0.3, 0.4) is 0 Å². The maximum Gasteiger partial charge on any atom is 0.240 e. The molecule has 1 aromatic carbocycles. The van der Waals surface area contributed by atoms with E-state index in [1.165, 1.54) is 49.6 Å². The van der Waals surface area contributed by atoms with Crippen molar-refractivity contribution in [3.05, 3.63) is 40.3 Å². The average molecular weight is 434 g/mol. The van der Waals surface area contributed by atoms with E-state index in [-0.39, 0.29) is 10.8 Å². The van der Waals surface area contributed by atoms with Gasteiger partial charge >= 0.3 is 0 Å². The molecule has 2 amide bonds. The summed E-state index contributed by atoms with van der Waals surface area (Å²) in [6.07, 6.45) is 0.522. The third-order valence-electron chi connectivity index (χ3n) is 4.61. The van der Waals surface area contributed by atoms with Crippen LogP contribution < -0.4 is 10.1 Å². The minimum atomic E-state index is -3.85. The molecule has 0 saturated carbocycles. The Kier molecular flexibility index (Phi) is 5.91. The molecule has 10 heteroatoms. The summed E-state index contributed by atoms with van der Waals surface area (Å²) in [5.74, 6) is -1.01. The van der Waals surface area contributed by atoms with Gasteiger partial charge in [-0.25, -0.2) is 8.42 Å². The molecule has 0 spiro atoms. The van der Waals surface area contributed by atoms with Crippen LogP contribution in [-0.2, 0) is 32.4 Å². The van der Waals surface area contributed by atoms with Crippen molar-refractivity contribution in [1.82, 2.24) is 4.90 Å². The number of rotatable bonds is 5. The van der Waals surface area contributed by atoms with Crippen molar-refractivity contribution in [2.45, 2.75) is 24.8 Å². The van der Waals surface area contributed by atoms with E-state index in [0.29, 0.717) is 35.8 Å². The number of sulfone groups is 1. The Labute approximate surface area is 172 Å². The molecule has 29 heavy (non-hydrogen) atoms. The van der Waals surface area contributed by atoms with Gasteiger partial charge in [0.15, 0.2) is 9.84 Å². The number of anilines is 1. The first-order valence-electron chi connectivity index (χ1n) is 8.72. The number of nitriles is 1. The summed E-state index contributed by atoms with van der Waals surface area (Å²) >= 11 is 1.20. The number of fused-ring (bicyclic) bond motifs is 1. The maximum atomic E-state index is 12.5. The lowest BCUT2D eigenvalue weighted by molar-refractivity contribution is -0.129. The number of methoxy groups -OCH3 is 1. The fourth-order valence-corrected chi connectivity index (χ4v) is 5.44. The minimum Gasteiger partial charge on any atom is -0.497 e. The highest BCUT2D eigenvalue weighted by molar-refractivity contribution is 7.92. The van der Waals surface area contributed by atoms with Crippen molar-refractivity contribution < 1.29 is 22.7 Å².